The minimum atomic E-state index is -1.35. The molecule has 1 amide bonds. The molecule has 0 saturated carbocycles. The molecule has 0 aliphatic carbocycles. The van der Waals surface area contributed by atoms with Crippen LogP contribution in [0.3, 0.4) is 0 Å². The fourth-order valence-corrected chi connectivity index (χ4v) is 2.59. The molecule has 0 radical (unpaired) electrons. The SMILES string of the molecule is COc1cccc(S(=O)CC(=O)N(C)CCCN)c1. The standard InChI is InChI=1S/C13H20N2O3S/c1-15(8-4-7-14)13(16)10-19(17)12-6-3-5-11(9-12)18-2/h3,5-6,9H,4,7-8,10,14H2,1-2H3. The summed E-state index contributed by atoms with van der Waals surface area (Å²) in [7, 11) is 1.89. The van der Waals surface area contributed by atoms with Crippen LogP contribution in [0.5, 0.6) is 5.75 Å². The van der Waals surface area contributed by atoms with Crippen molar-refractivity contribution in [2.24, 2.45) is 5.73 Å². The van der Waals surface area contributed by atoms with Crippen LogP contribution in [0.4, 0.5) is 0 Å². The molecule has 1 atom stereocenters. The van der Waals surface area contributed by atoms with E-state index in [-0.39, 0.29) is 11.7 Å². The van der Waals surface area contributed by atoms with Gasteiger partial charge in [-0.25, -0.2) is 0 Å². The molecule has 0 aliphatic heterocycles. The van der Waals surface area contributed by atoms with Crippen molar-refractivity contribution in [3.63, 3.8) is 0 Å². The van der Waals surface area contributed by atoms with Crippen molar-refractivity contribution in [2.75, 3.05) is 33.0 Å². The van der Waals surface area contributed by atoms with Gasteiger partial charge in [-0.05, 0) is 31.2 Å². The summed E-state index contributed by atoms with van der Waals surface area (Å²) in [5, 5.41) is 0. The highest BCUT2D eigenvalue weighted by Gasteiger charge is 2.14. The Balaban J connectivity index is 2.60. The summed E-state index contributed by atoms with van der Waals surface area (Å²) in [5.41, 5.74) is 5.39. The number of ether oxygens (including phenoxy) is 1. The first kappa shape index (κ1) is 15.7. The van der Waals surface area contributed by atoms with E-state index in [1.807, 2.05) is 0 Å². The summed E-state index contributed by atoms with van der Waals surface area (Å²) in [5.74, 6) is 0.471. The number of carbonyl (C=O) groups excluding carboxylic acids is 1. The Hall–Kier alpha value is -1.40. The topological polar surface area (TPSA) is 72.6 Å². The number of carbonyl (C=O) groups is 1. The molecule has 6 heteroatoms. The van der Waals surface area contributed by atoms with E-state index in [0.29, 0.717) is 23.7 Å². The first-order valence-corrected chi connectivity index (χ1v) is 7.37. The zero-order valence-electron chi connectivity index (χ0n) is 11.3. The summed E-state index contributed by atoms with van der Waals surface area (Å²) in [6, 6.07) is 6.94. The average Bonchev–Trinajstić information content (AvgIpc) is 2.44. The second-order valence-electron chi connectivity index (χ2n) is 4.13. The van der Waals surface area contributed by atoms with Gasteiger partial charge in [-0.15, -0.1) is 0 Å². The molecule has 1 aromatic carbocycles. The highest BCUT2D eigenvalue weighted by molar-refractivity contribution is 7.85. The van der Waals surface area contributed by atoms with Crippen LogP contribution < -0.4 is 10.5 Å². The molecular formula is C13H20N2O3S. The molecule has 2 N–H and O–H groups in total. The predicted molar refractivity (Wildman–Crippen MR) is 75.6 cm³/mol. The van der Waals surface area contributed by atoms with Crippen molar-refractivity contribution in [3.8, 4) is 5.75 Å². The summed E-state index contributed by atoms with van der Waals surface area (Å²) >= 11 is 0. The quantitative estimate of drug-likeness (QED) is 0.796. The molecule has 1 unspecified atom stereocenters. The fourth-order valence-electron chi connectivity index (χ4n) is 1.50. The van der Waals surface area contributed by atoms with Crippen LogP contribution in [-0.2, 0) is 15.6 Å². The first-order valence-electron chi connectivity index (χ1n) is 6.05. The number of rotatable bonds is 7. The lowest BCUT2D eigenvalue weighted by molar-refractivity contribution is -0.127. The molecular weight excluding hydrogens is 264 g/mol. The van der Waals surface area contributed by atoms with E-state index >= 15 is 0 Å². The summed E-state index contributed by atoms with van der Waals surface area (Å²) < 4.78 is 17.2. The van der Waals surface area contributed by atoms with Gasteiger partial charge in [-0.2, -0.15) is 0 Å². The maximum atomic E-state index is 12.1. The molecule has 19 heavy (non-hydrogen) atoms. The highest BCUT2D eigenvalue weighted by atomic mass is 32.2. The zero-order valence-corrected chi connectivity index (χ0v) is 12.1. The van der Waals surface area contributed by atoms with Crippen LogP contribution in [0.1, 0.15) is 6.42 Å². The van der Waals surface area contributed by atoms with Crippen molar-refractivity contribution in [2.45, 2.75) is 11.3 Å². The highest BCUT2D eigenvalue weighted by Crippen LogP contribution is 2.16. The monoisotopic (exact) mass is 284 g/mol. The van der Waals surface area contributed by atoms with Crippen LogP contribution in [-0.4, -0.2) is 48.0 Å². The average molecular weight is 284 g/mol. The van der Waals surface area contributed by atoms with Crippen molar-refractivity contribution in [1.82, 2.24) is 4.90 Å². The van der Waals surface area contributed by atoms with Crippen LogP contribution in [0, 0.1) is 0 Å². The van der Waals surface area contributed by atoms with Crippen molar-refractivity contribution in [3.05, 3.63) is 24.3 Å². The van der Waals surface area contributed by atoms with Gasteiger partial charge >= 0.3 is 0 Å². The van der Waals surface area contributed by atoms with Gasteiger partial charge in [-0.3, -0.25) is 9.00 Å². The van der Waals surface area contributed by atoms with E-state index in [4.69, 9.17) is 10.5 Å². The molecule has 0 heterocycles. The summed E-state index contributed by atoms with van der Waals surface area (Å²) in [4.78, 5) is 14.0. The minimum absolute atomic E-state index is 0.0196. The third-order valence-corrected chi connectivity index (χ3v) is 3.97. The molecule has 5 nitrogen and oxygen atoms in total. The molecule has 1 rings (SSSR count). The van der Waals surface area contributed by atoms with Gasteiger partial charge in [0, 0.05) is 18.5 Å². The van der Waals surface area contributed by atoms with E-state index in [1.165, 1.54) is 0 Å². The predicted octanol–water partition coefficient (Wildman–Crippen LogP) is 0.610. The molecule has 0 saturated heterocycles. The number of hydrogen-bond donors (Lipinski definition) is 1. The number of nitrogens with two attached hydrogens (primary N) is 1. The van der Waals surface area contributed by atoms with Gasteiger partial charge in [0.25, 0.3) is 0 Å². The Labute approximate surface area is 116 Å². The summed E-state index contributed by atoms with van der Waals surface area (Å²) in [6.07, 6.45) is 0.744. The van der Waals surface area contributed by atoms with Gasteiger partial charge < -0.3 is 15.4 Å². The van der Waals surface area contributed by atoms with E-state index in [2.05, 4.69) is 0 Å². The number of hydrogen-bond acceptors (Lipinski definition) is 4. The summed E-state index contributed by atoms with van der Waals surface area (Å²) in [6.45, 7) is 1.13. The second-order valence-corrected chi connectivity index (χ2v) is 5.58. The van der Waals surface area contributed by atoms with Gasteiger partial charge in [0.1, 0.15) is 11.5 Å². The normalized spacial score (nSPS) is 11.9. The molecule has 106 valence electrons. The van der Waals surface area contributed by atoms with Crippen LogP contribution >= 0.6 is 0 Å². The largest absolute Gasteiger partial charge is 0.497 e. The van der Waals surface area contributed by atoms with Gasteiger partial charge in [0.05, 0.1) is 17.9 Å². The van der Waals surface area contributed by atoms with Crippen LogP contribution in [0.25, 0.3) is 0 Å². The number of methoxy groups -OCH3 is 1. The lowest BCUT2D eigenvalue weighted by Gasteiger charge is -2.16. The van der Waals surface area contributed by atoms with E-state index < -0.39 is 10.8 Å². The number of nitrogens with zero attached hydrogens (tertiary/aromatic N) is 1. The van der Waals surface area contributed by atoms with Gasteiger partial charge in [-0.1, -0.05) is 6.07 Å². The lowest BCUT2D eigenvalue weighted by atomic mass is 10.3. The van der Waals surface area contributed by atoms with Gasteiger partial charge in [0.15, 0.2) is 0 Å². The molecule has 1 aromatic rings. The Morgan fingerprint density at radius 3 is 2.84 bits per heavy atom. The molecule has 0 fully saturated rings. The molecule has 0 spiro atoms. The fraction of sp³-hybridized carbons (Fsp3) is 0.462. The van der Waals surface area contributed by atoms with Crippen LogP contribution in [0.2, 0.25) is 0 Å². The Morgan fingerprint density at radius 2 is 2.21 bits per heavy atom. The zero-order chi connectivity index (χ0) is 14.3. The lowest BCUT2D eigenvalue weighted by Crippen LogP contribution is -2.32. The maximum Gasteiger partial charge on any atom is 0.235 e. The van der Waals surface area contributed by atoms with Gasteiger partial charge in [0.2, 0.25) is 5.91 Å². The van der Waals surface area contributed by atoms with E-state index in [0.717, 1.165) is 6.42 Å². The molecule has 0 bridgehead atoms. The maximum absolute atomic E-state index is 12.1. The smallest absolute Gasteiger partial charge is 0.235 e. The Morgan fingerprint density at radius 1 is 1.47 bits per heavy atom. The Bertz CT molecular complexity index is 451. The Kier molecular flexibility index (Phi) is 6.52. The number of amides is 1. The van der Waals surface area contributed by atoms with E-state index in [9.17, 15) is 9.00 Å². The van der Waals surface area contributed by atoms with E-state index in [1.54, 1.807) is 43.3 Å². The van der Waals surface area contributed by atoms with Crippen molar-refractivity contribution in [1.29, 1.82) is 0 Å². The van der Waals surface area contributed by atoms with Crippen LogP contribution in [0.15, 0.2) is 29.2 Å². The first-order chi connectivity index (χ1) is 9.08. The third-order valence-electron chi connectivity index (χ3n) is 2.68. The minimum Gasteiger partial charge on any atom is -0.497 e. The van der Waals surface area contributed by atoms with Crippen molar-refractivity contribution < 1.29 is 13.7 Å². The second kappa shape index (κ2) is 7.91. The molecule has 0 aromatic heterocycles. The third kappa shape index (κ3) is 5.00. The molecule has 0 aliphatic rings. The number of benzene rings is 1. The van der Waals surface area contributed by atoms with Crippen molar-refractivity contribution >= 4 is 16.7 Å².